The summed E-state index contributed by atoms with van der Waals surface area (Å²) in [6, 6.07) is 3.40. The lowest BCUT2D eigenvalue weighted by Crippen LogP contribution is -2.41. The van der Waals surface area contributed by atoms with E-state index in [1.165, 1.54) is 22.2 Å². The van der Waals surface area contributed by atoms with Gasteiger partial charge in [-0.25, -0.2) is 4.68 Å². The van der Waals surface area contributed by atoms with Crippen molar-refractivity contribution in [1.29, 1.82) is 0 Å². The normalized spacial score (nSPS) is 10.9. The molecule has 0 unspecified atom stereocenters. The van der Waals surface area contributed by atoms with Gasteiger partial charge in [-0.1, -0.05) is 5.21 Å². The number of hydrazine groups is 1. The second-order valence-corrected chi connectivity index (χ2v) is 7.14. The van der Waals surface area contributed by atoms with Crippen molar-refractivity contribution in [2.45, 2.75) is 26.7 Å². The molecule has 0 aliphatic carbocycles. The van der Waals surface area contributed by atoms with Gasteiger partial charge in [0, 0.05) is 13.2 Å². The molecule has 0 saturated carbocycles. The van der Waals surface area contributed by atoms with Crippen LogP contribution < -0.4 is 10.9 Å². The van der Waals surface area contributed by atoms with Gasteiger partial charge in [0.25, 0.3) is 11.8 Å². The minimum absolute atomic E-state index is 0.0689. The molecule has 0 bridgehead atoms. The summed E-state index contributed by atoms with van der Waals surface area (Å²) in [5, 5.41) is 7.64. The number of thiophene rings is 1. The van der Waals surface area contributed by atoms with E-state index in [2.05, 4.69) is 37.1 Å². The fourth-order valence-corrected chi connectivity index (χ4v) is 3.13. The Morgan fingerprint density at radius 2 is 1.92 bits per heavy atom. The van der Waals surface area contributed by atoms with Gasteiger partial charge in [-0.15, -0.1) is 16.4 Å². The van der Waals surface area contributed by atoms with Gasteiger partial charge in [0.05, 0.1) is 21.4 Å². The number of carbonyl (C=O) groups excluding carboxylic acids is 2. The van der Waals surface area contributed by atoms with E-state index in [0.717, 1.165) is 3.79 Å². The third-order valence-electron chi connectivity index (χ3n) is 2.90. The highest BCUT2D eigenvalue weighted by atomic mass is 79.9. The number of carbonyl (C=O) groups is 2. The molecule has 9 nitrogen and oxygen atoms in total. The van der Waals surface area contributed by atoms with E-state index < -0.39 is 18.1 Å². The van der Waals surface area contributed by atoms with Crippen molar-refractivity contribution >= 4 is 39.1 Å². The first kappa shape index (κ1) is 19.5. The van der Waals surface area contributed by atoms with Crippen molar-refractivity contribution in [2.75, 3.05) is 13.2 Å². The zero-order chi connectivity index (χ0) is 18.2. The highest BCUT2D eigenvalue weighted by molar-refractivity contribution is 9.11. The average molecular weight is 432 g/mol. The Labute approximate surface area is 156 Å². The van der Waals surface area contributed by atoms with Crippen LogP contribution in [-0.4, -0.2) is 46.3 Å². The predicted molar refractivity (Wildman–Crippen MR) is 94.0 cm³/mol. The molecule has 0 saturated heterocycles. The first-order valence-corrected chi connectivity index (χ1v) is 9.13. The monoisotopic (exact) mass is 431 g/mol. The molecule has 0 aromatic carbocycles. The fourth-order valence-electron chi connectivity index (χ4n) is 1.85. The van der Waals surface area contributed by atoms with Crippen LogP contribution in [0.3, 0.4) is 0 Å². The van der Waals surface area contributed by atoms with Crippen LogP contribution in [0.5, 0.6) is 0 Å². The van der Waals surface area contributed by atoms with Crippen LogP contribution in [0.15, 0.2) is 22.1 Å². The topological polar surface area (TPSA) is 107 Å². The molecule has 0 radical (unpaired) electrons. The molecule has 2 rings (SSSR count). The summed E-state index contributed by atoms with van der Waals surface area (Å²) in [5.41, 5.74) is 4.69. The maximum absolute atomic E-state index is 12.0. The molecule has 2 amide bonds. The number of halogens is 1. The molecule has 2 heterocycles. The van der Waals surface area contributed by atoms with Crippen LogP contribution in [0, 0.1) is 0 Å². The highest BCUT2D eigenvalue weighted by Crippen LogP contribution is 2.21. The molecule has 0 fully saturated rings. The lowest BCUT2D eigenvalue weighted by atomic mass is 10.4. The summed E-state index contributed by atoms with van der Waals surface area (Å²) in [4.78, 5) is 24.4. The quantitative estimate of drug-likeness (QED) is 0.485. The minimum Gasteiger partial charge on any atom is -0.351 e. The van der Waals surface area contributed by atoms with E-state index in [9.17, 15) is 9.59 Å². The second-order valence-electron chi connectivity index (χ2n) is 4.68. The lowest BCUT2D eigenvalue weighted by Gasteiger charge is -2.16. The molecule has 0 spiro atoms. The van der Waals surface area contributed by atoms with E-state index in [4.69, 9.17) is 9.47 Å². The van der Waals surface area contributed by atoms with Gasteiger partial charge in [0.15, 0.2) is 12.0 Å². The Bertz CT molecular complexity index is 714. The van der Waals surface area contributed by atoms with Crippen molar-refractivity contribution in [1.82, 2.24) is 25.8 Å². The molecule has 25 heavy (non-hydrogen) atoms. The van der Waals surface area contributed by atoms with E-state index in [0.29, 0.717) is 24.6 Å². The number of hydrogen-bond acceptors (Lipinski definition) is 7. The first-order chi connectivity index (χ1) is 12.0. The second kappa shape index (κ2) is 9.61. The van der Waals surface area contributed by atoms with Crippen molar-refractivity contribution in [3.05, 3.63) is 32.7 Å². The Hall–Kier alpha value is -1.82. The molecule has 11 heteroatoms. The third kappa shape index (κ3) is 5.88. The lowest BCUT2D eigenvalue weighted by molar-refractivity contribution is -0.145. The molecule has 0 aliphatic rings. The van der Waals surface area contributed by atoms with Crippen molar-refractivity contribution in [2.24, 2.45) is 0 Å². The van der Waals surface area contributed by atoms with Crippen LogP contribution in [0.4, 0.5) is 0 Å². The maximum Gasteiger partial charge on any atom is 0.291 e. The van der Waals surface area contributed by atoms with E-state index in [-0.39, 0.29) is 5.69 Å². The van der Waals surface area contributed by atoms with Gasteiger partial charge < -0.3 is 9.47 Å². The standard InChI is InChI=1S/C14H18BrN5O4S/c1-3-23-12(24-4-2)8-20-7-9(16-19-20)13(21)17-18-14(22)10-5-6-11(15)25-10/h5-7,12H,3-4,8H2,1-2H3,(H,17,21)(H,18,22). The smallest absolute Gasteiger partial charge is 0.291 e. The van der Waals surface area contributed by atoms with E-state index in [1.54, 1.807) is 12.1 Å². The SMILES string of the molecule is CCOC(Cn1cc(C(=O)NNC(=O)c2ccc(Br)s2)nn1)OCC. The van der Waals surface area contributed by atoms with Crippen LogP contribution in [0.2, 0.25) is 0 Å². The van der Waals surface area contributed by atoms with Gasteiger partial charge in [0.1, 0.15) is 0 Å². The van der Waals surface area contributed by atoms with Gasteiger partial charge in [0.2, 0.25) is 0 Å². The molecule has 0 aliphatic heterocycles. The maximum atomic E-state index is 12.0. The van der Waals surface area contributed by atoms with E-state index in [1.807, 2.05) is 13.8 Å². The zero-order valence-electron chi connectivity index (χ0n) is 13.7. The summed E-state index contributed by atoms with van der Waals surface area (Å²) < 4.78 is 13.1. The van der Waals surface area contributed by atoms with Crippen molar-refractivity contribution < 1.29 is 19.1 Å². The number of aromatic nitrogens is 3. The number of amides is 2. The van der Waals surface area contributed by atoms with Crippen molar-refractivity contribution in [3.8, 4) is 0 Å². The number of rotatable bonds is 8. The summed E-state index contributed by atoms with van der Waals surface area (Å²) in [6.45, 7) is 5.02. The molecule has 2 aromatic rings. The van der Waals surface area contributed by atoms with Gasteiger partial charge >= 0.3 is 0 Å². The van der Waals surface area contributed by atoms with Gasteiger partial charge in [-0.2, -0.15) is 0 Å². The first-order valence-electron chi connectivity index (χ1n) is 7.52. The largest absolute Gasteiger partial charge is 0.351 e. The van der Waals surface area contributed by atoms with Crippen molar-refractivity contribution in [3.63, 3.8) is 0 Å². The van der Waals surface area contributed by atoms with Crippen LogP contribution >= 0.6 is 27.3 Å². The van der Waals surface area contributed by atoms with Crippen LogP contribution in [0.1, 0.15) is 34.0 Å². The molecule has 136 valence electrons. The van der Waals surface area contributed by atoms with E-state index >= 15 is 0 Å². The van der Waals surface area contributed by atoms with Gasteiger partial charge in [-0.05, 0) is 41.9 Å². The molecular formula is C14H18BrN5O4S. The summed E-state index contributed by atoms with van der Waals surface area (Å²) in [5.74, 6) is -0.983. The summed E-state index contributed by atoms with van der Waals surface area (Å²) in [7, 11) is 0. The summed E-state index contributed by atoms with van der Waals surface area (Å²) >= 11 is 4.53. The summed E-state index contributed by atoms with van der Waals surface area (Å²) in [6.07, 6.45) is 0.985. The fraction of sp³-hybridized carbons (Fsp3) is 0.429. The Morgan fingerprint density at radius 3 is 2.52 bits per heavy atom. The molecule has 2 N–H and O–H groups in total. The number of hydrogen-bond donors (Lipinski definition) is 2. The van der Waals surface area contributed by atoms with Crippen LogP contribution in [0.25, 0.3) is 0 Å². The predicted octanol–water partition coefficient (Wildman–Crippen LogP) is 1.58. The highest BCUT2D eigenvalue weighted by Gasteiger charge is 2.16. The zero-order valence-corrected chi connectivity index (χ0v) is 16.1. The Morgan fingerprint density at radius 1 is 1.24 bits per heavy atom. The average Bonchev–Trinajstić information content (AvgIpc) is 3.22. The Kier molecular flexibility index (Phi) is 7.50. The molecule has 2 aromatic heterocycles. The van der Waals surface area contributed by atoms with Crippen LogP contribution in [-0.2, 0) is 16.0 Å². The Balaban J connectivity index is 1.88. The number of ether oxygens (including phenoxy) is 2. The number of nitrogens with one attached hydrogen (secondary N) is 2. The molecular weight excluding hydrogens is 414 g/mol. The number of nitrogens with zero attached hydrogens (tertiary/aromatic N) is 3. The third-order valence-corrected chi connectivity index (χ3v) is 4.52. The van der Waals surface area contributed by atoms with Gasteiger partial charge in [-0.3, -0.25) is 20.4 Å². The minimum atomic E-state index is -0.570. The molecule has 0 atom stereocenters.